The Kier molecular flexibility index (Phi) is 9.15. The topological polar surface area (TPSA) is 179 Å². The molecule has 0 spiro atoms. The smallest absolute Gasteiger partial charge is 0.376 e. The number of anilines is 1. The van der Waals surface area contributed by atoms with Gasteiger partial charge >= 0.3 is 5.97 Å². The Labute approximate surface area is 234 Å². The number of methoxy groups -OCH3 is 1. The molecule has 4 aromatic rings. The average Bonchev–Trinajstić information content (AvgIpc) is 3.43. The number of carbonyl (C=O) groups is 1. The molecule has 2 heterocycles. The number of nitriles is 2. The monoisotopic (exact) mass is 555 g/mol. The second kappa shape index (κ2) is 12.9. The normalized spacial score (nSPS) is 11.4. The van der Waals surface area contributed by atoms with Gasteiger partial charge in [-0.15, -0.1) is 0 Å². The van der Waals surface area contributed by atoms with E-state index in [4.69, 9.17) is 20.0 Å². The zero-order chi connectivity index (χ0) is 28.6. The third-order valence-electron chi connectivity index (χ3n) is 6.07. The third kappa shape index (κ3) is 6.14. The number of aryl methyl sites for hydroxylation is 1. The predicted molar refractivity (Wildman–Crippen MR) is 148 cm³/mol. The van der Waals surface area contributed by atoms with Crippen LogP contribution in [0.4, 0.5) is 5.82 Å². The second-order valence-corrected chi connectivity index (χ2v) is 9.63. The molecule has 0 aliphatic carbocycles. The number of ether oxygens (including phenoxy) is 1. The van der Waals surface area contributed by atoms with Crippen molar-refractivity contribution in [2.24, 2.45) is 0 Å². The van der Waals surface area contributed by atoms with Crippen molar-refractivity contribution in [2.75, 3.05) is 19.5 Å². The van der Waals surface area contributed by atoms with Crippen LogP contribution in [0.15, 0.2) is 64.0 Å². The Hall–Kier alpha value is -4.68. The van der Waals surface area contributed by atoms with Gasteiger partial charge in [-0.05, 0) is 36.1 Å². The number of nitrogens with zero attached hydrogens (tertiary/aromatic N) is 4. The van der Waals surface area contributed by atoms with Gasteiger partial charge < -0.3 is 25.1 Å². The van der Waals surface area contributed by atoms with E-state index in [2.05, 4.69) is 22.1 Å². The van der Waals surface area contributed by atoms with Crippen molar-refractivity contribution in [2.45, 2.75) is 29.7 Å². The summed E-state index contributed by atoms with van der Waals surface area (Å²) in [6.07, 6.45) is 0.138. The number of esters is 1. The van der Waals surface area contributed by atoms with E-state index in [1.165, 1.54) is 7.11 Å². The average molecular weight is 556 g/mol. The van der Waals surface area contributed by atoms with E-state index in [0.717, 1.165) is 17.3 Å². The van der Waals surface area contributed by atoms with Crippen LogP contribution in [-0.4, -0.2) is 46.0 Å². The lowest BCUT2D eigenvalue weighted by Crippen LogP contribution is -2.12. The van der Waals surface area contributed by atoms with Gasteiger partial charge in [0.1, 0.15) is 34.2 Å². The molecule has 10 nitrogen and oxygen atoms in total. The standard InChI is InChI=1S/C29H25N5O5S/c1-38-29(37)25-23(33-27(39-25)19-5-3-2-4-6-19)16-40-28-22(14-31)24(21(13-30)26(32)34-28)18-10-7-17(8-11-18)9-12-20(36)15-35/h2-8,10-11,20,35-36H,9,12,15-16H2,1H3,(H2,32,34)/t20-/m0/s1. The number of aliphatic hydroxyl groups is 2. The molecule has 2 aromatic heterocycles. The summed E-state index contributed by atoms with van der Waals surface area (Å²) in [5, 5.41) is 38.9. The molecule has 4 N–H and O–H groups in total. The van der Waals surface area contributed by atoms with Gasteiger partial charge in [0.2, 0.25) is 11.7 Å². The largest absolute Gasteiger partial charge is 0.463 e. The molecule has 0 unspecified atom stereocenters. The maximum Gasteiger partial charge on any atom is 0.376 e. The summed E-state index contributed by atoms with van der Waals surface area (Å²) in [7, 11) is 1.24. The van der Waals surface area contributed by atoms with Crippen LogP contribution < -0.4 is 5.73 Å². The number of carbonyl (C=O) groups excluding carboxylic acids is 1. The minimum atomic E-state index is -0.803. The molecular weight excluding hydrogens is 530 g/mol. The highest BCUT2D eigenvalue weighted by Gasteiger charge is 2.25. The van der Waals surface area contributed by atoms with Gasteiger partial charge in [-0.3, -0.25) is 0 Å². The first-order valence-corrected chi connectivity index (χ1v) is 13.2. The molecule has 0 fully saturated rings. The Balaban J connectivity index is 1.69. The Bertz CT molecular complexity index is 1590. The summed E-state index contributed by atoms with van der Waals surface area (Å²) in [6, 6.07) is 20.5. The molecule has 11 heteroatoms. The molecule has 0 bridgehead atoms. The van der Waals surface area contributed by atoms with Gasteiger partial charge in [0.25, 0.3) is 0 Å². The maximum absolute atomic E-state index is 12.4. The van der Waals surface area contributed by atoms with Crippen LogP contribution >= 0.6 is 11.8 Å². The molecule has 202 valence electrons. The minimum Gasteiger partial charge on any atom is -0.463 e. The molecule has 0 aliphatic heterocycles. The first kappa shape index (κ1) is 28.3. The molecule has 0 amide bonds. The van der Waals surface area contributed by atoms with Crippen LogP contribution in [0, 0.1) is 22.7 Å². The Morgan fingerprint density at radius 1 is 1.07 bits per heavy atom. The SMILES string of the molecule is COC(=O)c1oc(-c2ccccc2)nc1CSc1nc(N)c(C#N)c(-c2ccc(CC[C@H](O)CO)cc2)c1C#N. The zero-order valence-corrected chi connectivity index (χ0v) is 22.3. The summed E-state index contributed by atoms with van der Waals surface area (Å²) in [5.74, 6) is -0.426. The zero-order valence-electron chi connectivity index (χ0n) is 21.5. The van der Waals surface area contributed by atoms with E-state index in [1.54, 1.807) is 24.3 Å². The lowest BCUT2D eigenvalue weighted by molar-refractivity contribution is 0.0565. The molecule has 1 atom stereocenters. The number of hydrogen-bond acceptors (Lipinski definition) is 11. The summed E-state index contributed by atoms with van der Waals surface area (Å²) in [4.78, 5) is 21.2. The Morgan fingerprint density at radius 3 is 2.40 bits per heavy atom. The molecule has 4 rings (SSSR count). The van der Waals surface area contributed by atoms with Crippen LogP contribution in [0.3, 0.4) is 0 Å². The molecule has 0 saturated heterocycles. The van der Waals surface area contributed by atoms with Gasteiger partial charge in [-0.25, -0.2) is 14.8 Å². The van der Waals surface area contributed by atoms with Gasteiger partial charge in [0.15, 0.2) is 0 Å². The van der Waals surface area contributed by atoms with E-state index >= 15 is 0 Å². The molecule has 0 radical (unpaired) electrons. The first-order chi connectivity index (χ1) is 19.4. The molecule has 0 saturated carbocycles. The number of nitrogen functional groups attached to an aromatic ring is 1. The van der Waals surface area contributed by atoms with Crippen molar-refractivity contribution in [3.8, 4) is 34.7 Å². The summed E-state index contributed by atoms with van der Waals surface area (Å²) in [6.45, 7) is -0.311. The number of aliphatic hydroxyl groups excluding tert-OH is 2. The van der Waals surface area contributed by atoms with Crippen LogP contribution in [0.2, 0.25) is 0 Å². The van der Waals surface area contributed by atoms with Crippen molar-refractivity contribution in [1.29, 1.82) is 10.5 Å². The van der Waals surface area contributed by atoms with Crippen LogP contribution in [0.5, 0.6) is 0 Å². The van der Waals surface area contributed by atoms with E-state index in [0.29, 0.717) is 35.2 Å². The number of rotatable bonds is 10. The van der Waals surface area contributed by atoms with Crippen LogP contribution in [-0.2, 0) is 16.9 Å². The van der Waals surface area contributed by atoms with Crippen molar-refractivity contribution < 1.29 is 24.2 Å². The van der Waals surface area contributed by atoms with Gasteiger partial charge in [-0.1, -0.05) is 54.2 Å². The molecule has 40 heavy (non-hydrogen) atoms. The highest BCUT2D eigenvalue weighted by molar-refractivity contribution is 7.98. The highest BCUT2D eigenvalue weighted by atomic mass is 32.2. The molecule has 0 aliphatic rings. The maximum atomic E-state index is 12.4. The van der Waals surface area contributed by atoms with Crippen molar-refractivity contribution in [1.82, 2.24) is 9.97 Å². The number of oxazole rings is 1. The number of nitrogens with two attached hydrogens (primary N) is 1. The van der Waals surface area contributed by atoms with Gasteiger partial charge in [-0.2, -0.15) is 10.5 Å². The fourth-order valence-electron chi connectivity index (χ4n) is 4.00. The second-order valence-electron chi connectivity index (χ2n) is 8.66. The summed E-state index contributed by atoms with van der Waals surface area (Å²) >= 11 is 1.13. The van der Waals surface area contributed by atoms with E-state index in [1.807, 2.05) is 30.3 Å². The fraction of sp³-hybridized carbons (Fsp3) is 0.207. The summed E-state index contributed by atoms with van der Waals surface area (Å²) in [5.41, 5.74) is 9.23. The van der Waals surface area contributed by atoms with Crippen molar-refractivity contribution >= 4 is 23.5 Å². The van der Waals surface area contributed by atoms with Crippen molar-refractivity contribution in [3.05, 3.63) is 82.7 Å². The lowest BCUT2D eigenvalue weighted by atomic mass is 9.95. The Morgan fingerprint density at radius 2 is 1.77 bits per heavy atom. The highest BCUT2D eigenvalue weighted by Crippen LogP contribution is 2.37. The number of pyridine rings is 1. The van der Waals surface area contributed by atoms with Crippen LogP contribution in [0.1, 0.15) is 39.4 Å². The van der Waals surface area contributed by atoms with Gasteiger partial charge in [0, 0.05) is 16.9 Å². The predicted octanol–water partition coefficient (Wildman–Crippen LogP) is 4.09. The molecule has 2 aromatic carbocycles. The third-order valence-corrected chi connectivity index (χ3v) is 7.06. The van der Waals surface area contributed by atoms with Crippen LogP contribution in [0.25, 0.3) is 22.6 Å². The number of aromatic nitrogens is 2. The number of thioether (sulfide) groups is 1. The fourth-order valence-corrected chi connectivity index (χ4v) is 4.92. The summed E-state index contributed by atoms with van der Waals surface area (Å²) < 4.78 is 10.6. The van der Waals surface area contributed by atoms with E-state index in [-0.39, 0.29) is 46.0 Å². The van der Waals surface area contributed by atoms with Crippen molar-refractivity contribution in [3.63, 3.8) is 0 Å². The minimum absolute atomic E-state index is 0.0348. The van der Waals surface area contributed by atoms with E-state index < -0.39 is 12.1 Å². The molecular formula is C29H25N5O5S. The first-order valence-electron chi connectivity index (χ1n) is 12.2. The lowest BCUT2D eigenvalue weighted by Gasteiger charge is -2.13. The van der Waals surface area contributed by atoms with Gasteiger partial charge in [0.05, 0.1) is 25.4 Å². The van der Waals surface area contributed by atoms with E-state index in [9.17, 15) is 20.4 Å². The quantitative estimate of drug-likeness (QED) is 0.189. The number of benzene rings is 2. The number of hydrogen-bond donors (Lipinski definition) is 3.